The van der Waals surface area contributed by atoms with E-state index in [9.17, 15) is 9.90 Å². The molecule has 0 saturated heterocycles. The predicted molar refractivity (Wildman–Crippen MR) is 77.5 cm³/mol. The normalized spacial score (nSPS) is 10.7. The Balaban J connectivity index is 2.15. The second kappa shape index (κ2) is 5.88. The van der Waals surface area contributed by atoms with E-state index >= 15 is 0 Å². The zero-order valence-corrected chi connectivity index (χ0v) is 10.9. The van der Waals surface area contributed by atoms with E-state index in [1.807, 2.05) is 31.2 Å². The Morgan fingerprint density at radius 2 is 2.05 bits per heavy atom. The largest absolute Gasteiger partial charge is 0.507 e. The van der Waals surface area contributed by atoms with Gasteiger partial charge in [0.1, 0.15) is 5.75 Å². The highest BCUT2D eigenvalue weighted by molar-refractivity contribution is 5.92. The summed E-state index contributed by atoms with van der Waals surface area (Å²) in [6.45, 7) is 1.97. The molecule has 5 nitrogen and oxygen atoms in total. The van der Waals surface area contributed by atoms with E-state index in [1.165, 1.54) is 24.4 Å². The zero-order chi connectivity index (χ0) is 14.5. The number of hydrazone groups is 1. The van der Waals surface area contributed by atoms with Gasteiger partial charge in [0, 0.05) is 5.56 Å². The minimum Gasteiger partial charge on any atom is -0.507 e. The van der Waals surface area contributed by atoms with E-state index in [0.29, 0.717) is 5.56 Å². The number of aryl methyl sites for hydroxylation is 1. The van der Waals surface area contributed by atoms with Crippen molar-refractivity contribution in [2.75, 3.05) is 5.43 Å². The van der Waals surface area contributed by atoms with Crippen molar-refractivity contribution < 1.29 is 15.0 Å². The van der Waals surface area contributed by atoms with Crippen molar-refractivity contribution in [1.82, 2.24) is 0 Å². The van der Waals surface area contributed by atoms with Gasteiger partial charge in [-0.3, -0.25) is 5.43 Å². The first-order valence-electron chi connectivity index (χ1n) is 5.98. The number of aromatic carboxylic acids is 1. The van der Waals surface area contributed by atoms with Gasteiger partial charge in [-0.05, 0) is 42.8 Å². The van der Waals surface area contributed by atoms with Crippen LogP contribution in [0.15, 0.2) is 47.6 Å². The van der Waals surface area contributed by atoms with Crippen LogP contribution in [0.3, 0.4) is 0 Å². The minimum atomic E-state index is -1.05. The molecule has 0 aliphatic rings. The molecule has 5 heteroatoms. The van der Waals surface area contributed by atoms with Gasteiger partial charge in [0.25, 0.3) is 0 Å². The topological polar surface area (TPSA) is 81.9 Å². The number of carbonyl (C=O) groups is 1. The van der Waals surface area contributed by atoms with Gasteiger partial charge in [0.15, 0.2) is 0 Å². The Morgan fingerprint density at radius 1 is 1.25 bits per heavy atom. The van der Waals surface area contributed by atoms with Crippen molar-refractivity contribution in [3.8, 4) is 5.75 Å². The summed E-state index contributed by atoms with van der Waals surface area (Å²) in [6, 6.07) is 11.7. The van der Waals surface area contributed by atoms with Crippen molar-refractivity contribution >= 4 is 17.9 Å². The Hall–Kier alpha value is -2.82. The Bertz CT molecular complexity index is 666. The second-order valence-corrected chi connectivity index (χ2v) is 4.32. The minimum absolute atomic E-state index is 0.0233. The number of phenolic OH excluding ortho intramolecular Hbond substituents is 1. The molecule has 0 atom stereocenters. The lowest BCUT2D eigenvalue weighted by molar-refractivity contribution is 0.0697. The summed E-state index contributed by atoms with van der Waals surface area (Å²) in [4.78, 5) is 10.9. The van der Waals surface area contributed by atoms with Crippen molar-refractivity contribution in [2.24, 2.45) is 5.10 Å². The highest BCUT2D eigenvalue weighted by Crippen LogP contribution is 2.17. The average molecular weight is 270 g/mol. The molecule has 0 amide bonds. The SMILES string of the molecule is Cc1cccc(N/N=C/c2cc(C(=O)O)ccc2O)c1. The van der Waals surface area contributed by atoms with E-state index < -0.39 is 5.97 Å². The smallest absolute Gasteiger partial charge is 0.335 e. The van der Waals surface area contributed by atoms with Gasteiger partial charge in [0.2, 0.25) is 0 Å². The van der Waals surface area contributed by atoms with Crippen LogP contribution in [0.5, 0.6) is 5.75 Å². The van der Waals surface area contributed by atoms with Gasteiger partial charge in [-0.25, -0.2) is 4.79 Å². The number of hydrogen-bond acceptors (Lipinski definition) is 4. The van der Waals surface area contributed by atoms with Crippen molar-refractivity contribution in [2.45, 2.75) is 6.92 Å². The highest BCUT2D eigenvalue weighted by atomic mass is 16.4. The third kappa shape index (κ3) is 3.35. The van der Waals surface area contributed by atoms with E-state index in [-0.39, 0.29) is 11.3 Å². The molecule has 0 aromatic heterocycles. The van der Waals surface area contributed by atoms with Crippen LogP contribution in [-0.2, 0) is 0 Å². The summed E-state index contributed by atoms with van der Waals surface area (Å²) in [5, 5.41) is 22.5. The van der Waals surface area contributed by atoms with Crippen molar-refractivity contribution in [3.05, 3.63) is 59.2 Å². The maximum Gasteiger partial charge on any atom is 0.335 e. The number of aromatic hydroxyl groups is 1. The number of rotatable bonds is 4. The number of carboxylic acids is 1. The molecule has 3 N–H and O–H groups in total. The summed E-state index contributed by atoms with van der Waals surface area (Å²) >= 11 is 0. The molecule has 0 aliphatic heterocycles. The summed E-state index contributed by atoms with van der Waals surface area (Å²) in [6.07, 6.45) is 1.38. The lowest BCUT2D eigenvalue weighted by Gasteiger charge is -2.02. The van der Waals surface area contributed by atoms with Crippen LogP contribution in [0.2, 0.25) is 0 Å². The molecule has 2 rings (SSSR count). The molecule has 0 radical (unpaired) electrons. The van der Waals surface area contributed by atoms with Crippen LogP contribution in [0.4, 0.5) is 5.69 Å². The molecule has 2 aromatic rings. The van der Waals surface area contributed by atoms with Crippen LogP contribution in [0.1, 0.15) is 21.5 Å². The highest BCUT2D eigenvalue weighted by Gasteiger charge is 2.06. The molecule has 0 spiro atoms. The van der Waals surface area contributed by atoms with Crippen LogP contribution >= 0.6 is 0 Å². The molecule has 102 valence electrons. The van der Waals surface area contributed by atoms with Gasteiger partial charge < -0.3 is 10.2 Å². The summed E-state index contributed by atoms with van der Waals surface area (Å²) < 4.78 is 0. The molecule has 0 saturated carbocycles. The Morgan fingerprint density at radius 3 is 2.75 bits per heavy atom. The summed E-state index contributed by atoms with van der Waals surface area (Å²) in [7, 11) is 0. The third-order valence-corrected chi connectivity index (χ3v) is 2.69. The van der Waals surface area contributed by atoms with Crippen LogP contribution in [-0.4, -0.2) is 22.4 Å². The fourth-order valence-corrected chi connectivity index (χ4v) is 1.68. The molecule has 2 aromatic carbocycles. The molecule has 0 heterocycles. The maximum atomic E-state index is 10.9. The molecular weight excluding hydrogens is 256 g/mol. The third-order valence-electron chi connectivity index (χ3n) is 2.69. The number of phenols is 1. The number of nitrogens with zero attached hydrogens (tertiary/aromatic N) is 1. The van der Waals surface area contributed by atoms with Crippen LogP contribution in [0.25, 0.3) is 0 Å². The number of anilines is 1. The molecule has 0 bridgehead atoms. The van der Waals surface area contributed by atoms with Gasteiger partial charge in [0.05, 0.1) is 17.5 Å². The number of carboxylic acid groups (broad SMARTS) is 1. The second-order valence-electron chi connectivity index (χ2n) is 4.32. The molecule has 0 aliphatic carbocycles. The lowest BCUT2D eigenvalue weighted by atomic mass is 10.1. The first kappa shape index (κ1) is 13.6. The molecular formula is C15H14N2O3. The Labute approximate surface area is 116 Å². The van der Waals surface area contributed by atoms with E-state index in [1.54, 1.807) is 0 Å². The van der Waals surface area contributed by atoms with Crippen LogP contribution < -0.4 is 5.43 Å². The van der Waals surface area contributed by atoms with E-state index in [0.717, 1.165) is 11.3 Å². The van der Waals surface area contributed by atoms with Gasteiger partial charge >= 0.3 is 5.97 Å². The molecule has 20 heavy (non-hydrogen) atoms. The van der Waals surface area contributed by atoms with Gasteiger partial charge in [-0.15, -0.1) is 0 Å². The number of nitrogens with one attached hydrogen (secondary N) is 1. The number of benzene rings is 2. The standard InChI is InChI=1S/C15H14N2O3/c1-10-3-2-4-13(7-10)17-16-9-12-8-11(15(19)20)5-6-14(12)18/h2-9,17-18H,1H3,(H,19,20)/b16-9+. The lowest BCUT2D eigenvalue weighted by Crippen LogP contribution is -1.98. The van der Waals surface area contributed by atoms with Crippen molar-refractivity contribution in [1.29, 1.82) is 0 Å². The van der Waals surface area contributed by atoms with Crippen molar-refractivity contribution in [3.63, 3.8) is 0 Å². The molecule has 0 unspecified atom stereocenters. The summed E-state index contributed by atoms with van der Waals surface area (Å²) in [5.41, 5.74) is 5.17. The van der Waals surface area contributed by atoms with E-state index in [2.05, 4.69) is 10.5 Å². The quantitative estimate of drug-likeness (QED) is 0.589. The fourth-order valence-electron chi connectivity index (χ4n) is 1.68. The first-order valence-corrected chi connectivity index (χ1v) is 5.98. The fraction of sp³-hybridized carbons (Fsp3) is 0.0667. The monoisotopic (exact) mass is 270 g/mol. The Kier molecular flexibility index (Phi) is 4.00. The summed E-state index contributed by atoms with van der Waals surface area (Å²) in [5.74, 6) is -1.07. The molecule has 0 fully saturated rings. The van der Waals surface area contributed by atoms with E-state index in [4.69, 9.17) is 5.11 Å². The van der Waals surface area contributed by atoms with Gasteiger partial charge in [-0.2, -0.15) is 5.10 Å². The van der Waals surface area contributed by atoms with Gasteiger partial charge in [-0.1, -0.05) is 12.1 Å². The zero-order valence-electron chi connectivity index (χ0n) is 10.9. The first-order chi connectivity index (χ1) is 9.56. The predicted octanol–water partition coefficient (Wildman–Crippen LogP) is 2.84. The van der Waals surface area contributed by atoms with Crippen LogP contribution in [0, 0.1) is 6.92 Å². The maximum absolute atomic E-state index is 10.9. The average Bonchev–Trinajstić information content (AvgIpc) is 2.40. The number of hydrogen-bond donors (Lipinski definition) is 3.